The van der Waals surface area contributed by atoms with E-state index in [2.05, 4.69) is 17.2 Å². The lowest BCUT2D eigenvalue weighted by atomic mass is 10.1. The molecular formula is C16H20FNO2S. The zero-order valence-corrected chi connectivity index (χ0v) is 13.1. The number of carbonyl (C=O) groups is 1. The van der Waals surface area contributed by atoms with Gasteiger partial charge in [-0.2, -0.15) is 11.8 Å². The van der Waals surface area contributed by atoms with Crippen molar-refractivity contribution in [3.8, 4) is 11.8 Å². The number of halogens is 1. The van der Waals surface area contributed by atoms with Gasteiger partial charge in [0.25, 0.3) is 5.91 Å². The van der Waals surface area contributed by atoms with Crippen LogP contribution in [0.4, 0.5) is 4.39 Å². The normalized spacial score (nSPS) is 11.4. The van der Waals surface area contributed by atoms with Crippen LogP contribution >= 0.6 is 11.8 Å². The van der Waals surface area contributed by atoms with Gasteiger partial charge in [-0.3, -0.25) is 4.79 Å². The molecule has 2 N–H and O–H groups in total. The van der Waals surface area contributed by atoms with E-state index in [0.717, 1.165) is 12.2 Å². The van der Waals surface area contributed by atoms with Crippen molar-refractivity contribution < 1.29 is 14.3 Å². The van der Waals surface area contributed by atoms with Crippen molar-refractivity contribution in [2.75, 3.05) is 18.6 Å². The maximum atomic E-state index is 14.0. The van der Waals surface area contributed by atoms with Crippen LogP contribution in [0.1, 0.15) is 35.7 Å². The molecule has 1 amide bonds. The Bertz CT molecular complexity index is 537. The monoisotopic (exact) mass is 309 g/mol. The van der Waals surface area contributed by atoms with Gasteiger partial charge >= 0.3 is 0 Å². The number of nitrogens with one attached hydrogen (secondary N) is 1. The predicted octanol–water partition coefficient (Wildman–Crippen LogP) is 2.43. The Morgan fingerprint density at radius 2 is 2.29 bits per heavy atom. The highest BCUT2D eigenvalue weighted by atomic mass is 32.2. The number of benzene rings is 1. The predicted molar refractivity (Wildman–Crippen MR) is 84.9 cm³/mol. The molecule has 0 aliphatic rings. The molecule has 0 fully saturated rings. The number of aliphatic hydroxyl groups excluding tert-OH is 1. The van der Waals surface area contributed by atoms with E-state index in [9.17, 15) is 9.18 Å². The van der Waals surface area contributed by atoms with Gasteiger partial charge in [0, 0.05) is 23.8 Å². The summed E-state index contributed by atoms with van der Waals surface area (Å²) in [5, 5.41) is 11.5. The zero-order valence-electron chi connectivity index (χ0n) is 12.3. The average molecular weight is 309 g/mol. The van der Waals surface area contributed by atoms with Crippen LogP contribution in [0.3, 0.4) is 0 Å². The van der Waals surface area contributed by atoms with Gasteiger partial charge < -0.3 is 10.4 Å². The minimum absolute atomic E-state index is 0.0240. The van der Waals surface area contributed by atoms with Gasteiger partial charge in [-0.15, -0.1) is 0 Å². The minimum atomic E-state index is -0.581. The van der Waals surface area contributed by atoms with E-state index in [-0.39, 0.29) is 18.2 Å². The van der Waals surface area contributed by atoms with Crippen LogP contribution in [-0.2, 0) is 0 Å². The highest BCUT2D eigenvalue weighted by molar-refractivity contribution is 7.98. The van der Waals surface area contributed by atoms with Crippen LogP contribution in [-0.4, -0.2) is 35.7 Å². The van der Waals surface area contributed by atoms with E-state index in [0.29, 0.717) is 12.0 Å². The Labute approximate surface area is 129 Å². The third-order valence-electron chi connectivity index (χ3n) is 2.88. The molecule has 3 nitrogen and oxygen atoms in total. The quantitative estimate of drug-likeness (QED) is 0.794. The molecule has 0 aliphatic heterocycles. The smallest absolute Gasteiger partial charge is 0.254 e. The first-order valence-electron chi connectivity index (χ1n) is 6.81. The highest BCUT2D eigenvalue weighted by Gasteiger charge is 2.15. The van der Waals surface area contributed by atoms with Crippen molar-refractivity contribution in [2.45, 2.75) is 25.8 Å². The molecule has 0 bridgehead atoms. The first-order chi connectivity index (χ1) is 10.1. The second-order valence-electron chi connectivity index (χ2n) is 4.50. The van der Waals surface area contributed by atoms with E-state index < -0.39 is 11.7 Å². The fourth-order valence-electron chi connectivity index (χ4n) is 1.72. The number of aliphatic hydroxyl groups is 1. The number of amides is 1. The lowest BCUT2D eigenvalue weighted by Crippen LogP contribution is -2.36. The van der Waals surface area contributed by atoms with Gasteiger partial charge in [-0.1, -0.05) is 18.8 Å². The minimum Gasteiger partial charge on any atom is -0.395 e. The van der Waals surface area contributed by atoms with Crippen LogP contribution in [0.15, 0.2) is 18.2 Å². The Morgan fingerprint density at radius 3 is 2.86 bits per heavy atom. The lowest BCUT2D eigenvalue weighted by molar-refractivity contribution is 0.0936. The van der Waals surface area contributed by atoms with E-state index in [1.807, 2.05) is 13.2 Å². The number of thioether (sulfide) groups is 1. The summed E-state index contributed by atoms with van der Waals surface area (Å²) in [5.74, 6) is 5.27. The molecule has 1 unspecified atom stereocenters. The van der Waals surface area contributed by atoms with Crippen LogP contribution in [0.2, 0.25) is 0 Å². The number of hydrogen-bond donors (Lipinski definition) is 2. The van der Waals surface area contributed by atoms with Gasteiger partial charge in [0.15, 0.2) is 0 Å². The number of rotatable bonds is 6. The molecule has 21 heavy (non-hydrogen) atoms. The molecule has 114 valence electrons. The third kappa shape index (κ3) is 5.78. The molecular weight excluding hydrogens is 289 g/mol. The van der Waals surface area contributed by atoms with Crippen molar-refractivity contribution in [1.29, 1.82) is 0 Å². The van der Waals surface area contributed by atoms with Gasteiger partial charge in [-0.05, 0) is 30.9 Å². The molecule has 1 atom stereocenters. The van der Waals surface area contributed by atoms with E-state index >= 15 is 0 Å². The first kappa shape index (κ1) is 17.5. The summed E-state index contributed by atoms with van der Waals surface area (Å²) in [7, 11) is 0. The van der Waals surface area contributed by atoms with Gasteiger partial charge in [0.05, 0.1) is 12.2 Å². The molecule has 1 aromatic carbocycles. The van der Waals surface area contributed by atoms with Crippen LogP contribution in [0.25, 0.3) is 0 Å². The summed E-state index contributed by atoms with van der Waals surface area (Å²) in [4.78, 5) is 12.1. The summed E-state index contributed by atoms with van der Waals surface area (Å²) in [5.41, 5.74) is 0.524. The summed E-state index contributed by atoms with van der Waals surface area (Å²) in [6, 6.07) is 4.34. The number of carbonyl (C=O) groups excluding carboxylic acids is 1. The fourth-order valence-corrected chi connectivity index (χ4v) is 2.44. The largest absolute Gasteiger partial charge is 0.395 e. The second kappa shape index (κ2) is 9.43. The summed E-state index contributed by atoms with van der Waals surface area (Å²) in [6.45, 7) is 1.96. The molecule has 0 spiro atoms. The fraction of sp³-hybridized carbons (Fsp3) is 0.438. The van der Waals surface area contributed by atoms with Gasteiger partial charge in [-0.25, -0.2) is 4.39 Å². The van der Waals surface area contributed by atoms with Crippen LogP contribution in [0, 0.1) is 17.7 Å². The Hall–Kier alpha value is -1.51. The molecule has 5 heteroatoms. The summed E-state index contributed by atoms with van der Waals surface area (Å²) >= 11 is 1.64. The molecule has 0 radical (unpaired) electrons. The standard InChI is InChI=1S/C16H20FNO2S/c1-3-13(11-21-2)18-16(20)14-8-7-12(10-15(14)17)6-4-5-9-19/h7-8,10,13,19H,3,5,9,11H2,1-2H3,(H,18,20). The molecule has 0 aromatic heterocycles. The SMILES string of the molecule is CCC(CSC)NC(=O)c1ccc(C#CCCO)cc1F. The Balaban J connectivity index is 2.80. The van der Waals surface area contributed by atoms with Gasteiger partial charge in [0.2, 0.25) is 0 Å². The van der Waals surface area contributed by atoms with E-state index in [1.54, 1.807) is 17.8 Å². The molecule has 0 aliphatic carbocycles. The van der Waals surface area contributed by atoms with E-state index in [4.69, 9.17) is 5.11 Å². The molecule has 1 aromatic rings. The second-order valence-corrected chi connectivity index (χ2v) is 5.41. The average Bonchev–Trinajstić information content (AvgIpc) is 2.47. The lowest BCUT2D eigenvalue weighted by Gasteiger charge is -2.16. The third-order valence-corrected chi connectivity index (χ3v) is 3.61. The van der Waals surface area contributed by atoms with Crippen molar-refractivity contribution in [2.24, 2.45) is 0 Å². The van der Waals surface area contributed by atoms with Crippen molar-refractivity contribution in [1.82, 2.24) is 5.32 Å². The Morgan fingerprint density at radius 1 is 1.52 bits per heavy atom. The molecule has 0 saturated carbocycles. The van der Waals surface area contributed by atoms with Crippen LogP contribution < -0.4 is 5.32 Å². The highest BCUT2D eigenvalue weighted by Crippen LogP contribution is 2.11. The maximum absolute atomic E-state index is 14.0. The zero-order chi connectivity index (χ0) is 15.7. The summed E-state index contributed by atoms with van der Waals surface area (Å²) in [6.07, 6.45) is 3.12. The van der Waals surface area contributed by atoms with Crippen LogP contribution in [0.5, 0.6) is 0 Å². The topological polar surface area (TPSA) is 49.3 Å². The van der Waals surface area contributed by atoms with E-state index in [1.165, 1.54) is 12.1 Å². The van der Waals surface area contributed by atoms with Crippen molar-refractivity contribution in [3.63, 3.8) is 0 Å². The van der Waals surface area contributed by atoms with Crippen molar-refractivity contribution >= 4 is 17.7 Å². The molecule has 1 rings (SSSR count). The summed E-state index contributed by atoms with van der Waals surface area (Å²) < 4.78 is 14.0. The first-order valence-corrected chi connectivity index (χ1v) is 8.20. The molecule has 0 saturated heterocycles. The van der Waals surface area contributed by atoms with Gasteiger partial charge in [0.1, 0.15) is 5.82 Å². The molecule has 0 heterocycles. The Kier molecular flexibility index (Phi) is 7.88. The number of hydrogen-bond acceptors (Lipinski definition) is 3. The maximum Gasteiger partial charge on any atom is 0.254 e. The van der Waals surface area contributed by atoms with Crippen molar-refractivity contribution in [3.05, 3.63) is 35.1 Å².